The van der Waals surface area contributed by atoms with Crippen molar-refractivity contribution in [1.29, 1.82) is 0 Å². The Morgan fingerprint density at radius 1 is 1.03 bits per heavy atom. The van der Waals surface area contributed by atoms with Crippen molar-refractivity contribution in [2.45, 2.75) is 43.6 Å². The van der Waals surface area contributed by atoms with Crippen LogP contribution in [0.15, 0.2) is 66.2 Å². The molecule has 0 bridgehead atoms. The average molecular weight is 418 g/mol. The van der Waals surface area contributed by atoms with Crippen molar-refractivity contribution < 1.29 is 9.59 Å². The molecule has 0 radical (unpaired) electrons. The van der Waals surface area contributed by atoms with Crippen LogP contribution in [0.3, 0.4) is 0 Å². The van der Waals surface area contributed by atoms with Crippen molar-refractivity contribution in [2.75, 3.05) is 10.2 Å². The van der Waals surface area contributed by atoms with Crippen molar-refractivity contribution in [3.63, 3.8) is 0 Å². The smallest absolute Gasteiger partial charge is 0.259 e. The average Bonchev–Trinajstić information content (AvgIpc) is 3.28. The summed E-state index contributed by atoms with van der Waals surface area (Å²) in [6, 6.07) is 17.4. The zero-order chi connectivity index (χ0) is 20.6. The molecule has 152 valence electrons. The van der Waals surface area contributed by atoms with Gasteiger partial charge in [0.2, 0.25) is 5.91 Å². The van der Waals surface area contributed by atoms with Crippen molar-refractivity contribution in [3.05, 3.63) is 77.3 Å². The third kappa shape index (κ3) is 3.03. The predicted molar refractivity (Wildman–Crippen MR) is 119 cm³/mol. The van der Waals surface area contributed by atoms with Gasteiger partial charge in [0.1, 0.15) is 0 Å². The normalized spacial score (nSPS) is 20.1. The lowest BCUT2D eigenvalue weighted by Gasteiger charge is -2.53. The molecule has 1 N–H and O–H groups in total. The van der Waals surface area contributed by atoms with Crippen LogP contribution < -0.4 is 10.2 Å². The van der Waals surface area contributed by atoms with Crippen LogP contribution >= 0.6 is 11.3 Å². The number of benzene rings is 2. The standard InChI is InChI=1S/C24H23N3O2S/c28-21(26-23-25-15-16-30-23)20-18-11-5-6-12-19(18)22(29)27(17-9-3-1-4-10-17)24(20)13-7-2-8-14-24/h1,3-6,9-12,15-16,20H,2,7-8,13-14H2,(H,25,26,28). The predicted octanol–water partition coefficient (Wildman–Crippen LogP) is 5.23. The van der Waals surface area contributed by atoms with Gasteiger partial charge in [0, 0.05) is 22.8 Å². The maximum Gasteiger partial charge on any atom is 0.259 e. The number of fused-ring (bicyclic) bond motifs is 1. The molecule has 1 unspecified atom stereocenters. The van der Waals surface area contributed by atoms with Crippen LogP contribution in [-0.2, 0) is 4.79 Å². The van der Waals surface area contributed by atoms with Gasteiger partial charge < -0.3 is 10.2 Å². The summed E-state index contributed by atoms with van der Waals surface area (Å²) in [5.41, 5.74) is 1.71. The molecule has 3 aromatic rings. The summed E-state index contributed by atoms with van der Waals surface area (Å²) in [4.78, 5) is 33.6. The molecule has 1 aromatic heterocycles. The number of hydrogen-bond acceptors (Lipinski definition) is 4. The van der Waals surface area contributed by atoms with Gasteiger partial charge in [-0.25, -0.2) is 4.98 Å². The van der Waals surface area contributed by atoms with Crippen molar-refractivity contribution in [3.8, 4) is 0 Å². The quantitative estimate of drug-likeness (QED) is 0.635. The second-order valence-electron chi connectivity index (χ2n) is 7.99. The fourth-order valence-electron chi connectivity index (χ4n) is 5.16. The Balaban J connectivity index is 1.70. The lowest BCUT2D eigenvalue weighted by atomic mass is 9.65. The Hall–Kier alpha value is -2.99. The van der Waals surface area contributed by atoms with Gasteiger partial charge >= 0.3 is 0 Å². The summed E-state index contributed by atoms with van der Waals surface area (Å²) < 4.78 is 0. The third-order valence-electron chi connectivity index (χ3n) is 6.35. The highest BCUT2D eigenvalue weighted by Crippen LogP contribution is 2.51. The maximum absolute atomic E-state index is 13.8. The van der Waals surface area contributed by atoms with Crippen LogP contribution in [0.2, 0.25) is 0 Å². The third-order valence-corrected chi connectivity index (χ3v) is 7.03. The van der Waals surface area contributed by atoms with Gasteiger partial charge in [-0.1, -0.05) is 55.7 Å². The van der Waals surface area contributed by atoms with Gasteiger partial charge in [-0.2, -0.15) is 0 Å². The molecule has 1 spiro atoms. The van der Waals surface area contributed by atoms with E-state index in [0.29, 0.717) is 10.7 Å². The number of thiazole rings is 1. The fraction of sp³-hybridized carbons (Fsp3) is 0.292. The van der Waals surface area contributed by atoms with E-state index in [9.17, 15) is 9.59 Å². The minimum Gasteiger partial charge on any atom is -0.301 e. The van der Waals surface area contributed by atoms with Crippen LogP contribution in [0, 0.1) is 0 Å². The lowest BCUT2D eigenvalue weighted by molar-refractivity contribution is -0.119. The highest BCUT2D eigenvalue weighted by atomic mass is 32.1. The van der Waals surface area contributed by atoms with E-state index in [4.69, 9.17) is 0 Å². The van der Waals surface area contributed by atoms with Gasteiger partial charge in [-0.05, 0) is 36.6 Å². The second kappa shape index (κ2) is 7.69. The summed E-state index contributed by atoms with van der Waals surface area (Å²) in [7, 11) is 0. The SMILES string of the molecule is O=C(Nc1nccs1)C1c2ccccc2C(=O)N(c2ccccc2)C12CCCCC2. The first-order chi connectivity index (χ1) is 14.7. The van der Waals surface area contributed by atoms with E-state index in [0.717, 1.165) is 43.4 Å². The molecule has 1 atom stereocenters. The van der Waals surface area contributed by atoms with E-state index < -0.39 is 11.5 Å². The summed E-state index contributed by atoms with van der Waals surface area (Å²) >= 11 is 1.41. The van der Waals surface area contributed by atoms with Crippen LogP contribution in [0.4, 0.5) is 10.8 Å². The van der Waals surface area contributed by atoms with E-state index >= 15 is 0 Å². The minimum atomic E-state index is -0.577. The summed E-state index contributed by atoms with van der Waals surface area (Å²) in [6.07, 6.45) is 6.42. The van der Waals surface area contributed by atoms with Gasteiger partial charge in [-0.3, -0.25) is 9.59 Å². The van der Waals surface area contributed by atoms with Crippen molar-refractivity contribution in [1.82, 2.24) is 4.98 Å². The van der Waals surface area contributed by atoms with Crippen LogP contribution in [-0.4, -0.2) is 22.3 Å². The monoisotopic (exact) mass is 417 g/mol. The second-order valence-corrected chi connectivity index (χ2v) is 8.88. The number of carbonyl (C=O) groups is 2. The molecule has 1 aliphatic heterocycles. The molecule has 0 saturated heterocycles. The van der Waals surface area contributed by atoms with Crippen LogP contribution in [0.5, 0.6) is 0 Å². The molecular formula is C24H23N3O2S. The lowest BCUT2D eigenvalue weighted by Crippen LogP contribution is -2.62. The number of nitrogens with zero attached hydrogens (tertiary/aromatic N) is 2. The number of anilines is 2. The summed E-state index contributed by atoms with van der Waals surface area (Å²) in [6.45, 7) is 0. The van der Waals surface area contributed by atoms with Crippen molar-refractivity contribution in [2.24, 2.45) is 0 Å². The zero-order valence-electron chi connectivity index (χ0n) is 16.6. The molecule has 6 heteroatoms. The van der Waals surface area contributed by atoms with E-state index in [-0.39, 0.29) is 11.8 Å². The van der Waals surface area contributed by atoms with Gasteiger partial charge in [0.15, 0.2) is 5.13 Å². The maximum atomic E-state index is 13.8. The summed E-state index contributed by atoms with van der Waals surface area (Å²) in [5, 5.41) is 5.46. The highest BCUT2D eigenvalue weighted by molar-refractivity contribution is 7.13. The van der Waals surface area contributed by atoms with E-state index in [1.807, 2.05) is 64.9 Å². The Labute approximate surface area is 179 Å². The highest BCUT2D eigenvalue weighted by Gasteiger charge is 2.55. The van der Waals surface area contributed by atoms with Gasteiger partial charge in [0.05, 0.1) is 11.5 Å². The molecule has 1 fully saturated rings. The molecule has 5 rings (SSSR count). The molecule has 2 heterocycles. The van der Waals surface area contributed by atoms with Crippen LogP contribution in [0.25, 0.3) is 0 Å². The molecule has 2 aromatic carbocycles. The minimum absolute atomic E-state index is 0.0167. The summed E-state index contributed by atoms with van der Waals surface area (Å²) in [5.74, 6) is -0.555. The number of rotatable bonds is 3. The fourth-order valence-corrected chi connectivity index (χ4v) is 5.69. The van der Waals surface area contributed by atoms with E-state index in [1.165, 1.54) is 11.3 Å². The first-order valence-corrected chi connectivity index (χ1v) is 11.3. The molecule has 30 heavy (non-hydrogen) atoms. The Morgan fingerprint density at radius 3 is 2.50 bits per heavy atom. The number of aromatic nitrogens is 1. The largest absolute Gasteiger partial charge is 0.301 e. The van der Waals surface area contributed by atoms with E-state index in [2.05, 4.69) is 10.3 Å². The van der Waals surface area contributed by atoms with E-state index in [1.54, 1.807) is 6.20 Å². The molecule has 1 saturated carbocycles. The van der Waals surface area contributed by atoms with Gasteiger partial charge in [0.25, 0.3) is 5.91 Å². The first kappa shape index (κ1) is 19.0. The van der Waals surface area contributed by atoms with Gasteiger partial charge in [-0.15, -0.1) is 11.3 Å². The molecular weight excluding hydrogens is 394 g/mol. The van der Waals surface area contributed by atoms with Crippen LogP contribution in [0.1, 0.15) is 53.9 Å². The Kier molecular flexibility index (Phi) is 4.87. The topological polar surface area (TPSA) is 62.3 Å². The molecule has 2 amide bonds. The number of carbonyl (C=O) groups excluding carboxylic acids is 2. The first-order valence-electron chi connectivity index (χ1n) is 10.4. The van der Waals surface area contributed by atoms with Crippen molar-refractivity contribution >= 4 is 34.0 Å². The molecule has 5 nitrogen and oxygen atoms in total. The number of para-hydroxylation sites is 1. The Bertz CT molecular complexity index is 1060. The molecule has 1 aliphatic carbocycles. The number of hydrogen-bond donors (Lipinski definition) is 1. The zero-order valence-corrected chi connectivity index (χ0v) is 17.4. The molecule has 2 aliphatic rings. The Morgan fingerprint density at radius 2 is 1.77 bits per heavy atom. The number of amides is 2. The number of nitrogens with one attached hydrogen (secondary N) is 1.